The molecule has 3 unspecified atom stereocenters. The van der Waals surface area contributed by atoms with Crippen molar-refractivity contribution in [2.24, 2.45) is 5.92 Å². The van der Waals surface area contributed by atoms with Crippen molar-refractivity contribution < 1.29 is 9.53 Å². The Labute approximate surface area is 151 Å². The van der Waals surface area contributed by atoms with Crippen LogP contribution >= 0.6 is 12.4 Å². The van der Waals surface area contributed by atoms with Crippen molar-refractivity contribution in [3.8, 4) is 0 Å². The second-order valence-corrected chi connectivity index (χ2v) is 6.87. The lowest BCUT2D eigenvalue weighted by Gasteiger charge is -2.29. The van der Waals surface area contributed by atoms with E-state index >= 15 is 0 Å². The molecule has 1 fully saturated rings. The molecule has 0 bridgehead atoms. The Morgan fingerprint density at radius 3 is 2.92 bits per heavy atom. The fourth-order valence-electron chi connectivity index (χ4n) is 3.75. The highest BCUT2D eigenvalue weighted by Crippen LogP contribution is 2.26. The number of hydrogen-bond acceptors (Lipinski definition) is 3. The molecule has 1 aliphatic carbocycles. The minimum Gasteiger partial charge on any atom is -0.368 e. The SMILES string of the molecule is CC1CCCCC1OCC(=O)NCC1NCCc2ccccc21.Cl. The van der Waals surface area contributed by atoms with Gasteiger partial charge in [-0.15, -0.1) is 12.4 Å². The van der Waals surface area contributed by atoms with Gasteiger partial charge >= 0.3 is 0 Å². The molecular formula is C19H29ClN2O2. The number of rotatable bonds is 5. The Morgan fingerprint density at radius 2 is 2.08 bits per heavy atom. The third-order valence-corrected chi connectivity index (χ3v) is 5.18. The van der Waals surface area contributed by atoms with E-state index in [-0.39, 0.29) is 37.1 Å². The van der Waals surface area contributed by atoms with Crippen molar-refractivity contribution in [2.75, 3.05) is 19.7 Å². The predicted molar refractivity (Wildman–Crippen MR) is 98.5 cm³/mol. The maximum absolute atomic E-state index is 12.1. The summed E-state index contributed by atoms with van der Waals surface area (Å²) in [4.78, 5) is 12.1. The first kappa shape index (κ1) is 19.2. The lowest BCUT2D eigenvalue weighted by atomic mass is 9.88. The Morgan fingerprint density at radius 1 is 1.29 bits per heavy atom. The molecule has 4 nitrogen and oxygen atoms in total. The average molecular weight is 353 g/mol. The van der Waals surface area contributed by atoms with Crippen LogP contribution in [-0.2, 0) is 16.0 Å². The highest BCUT2D eigenvalue weighted by Gasteiger charge is 2.23. The van der Waals surface area contributed by atoms with E-state index < -0.39 is 0 Å². The largest absolute Gasteiger partial charge is 0.368 e. The van der Waals surface area contributed by atoms with Crippen molar-refractivity contribution in [1.82, 2.24) is 10.6 Å². The van der Waals surface area contributed by atoms with Gasteiger partial charge in [-0.2, -0.15) is 0 Å². The molecule has 2 aliphatic rings. The summed E-state index contributed by atoms with van der Waals surface area (Å²) in [5.41, 5.74) is 2.69. The zero-order valence-corrected chi connectivity index (χ0v) is 15.2. The number of nitrogens with one attached hydrogen (secondary N) is 2. The molecule has 134 valence electrons. The quantitative estimate of drug-likeness (QED) is 0.856. The van der Waals surface area contributed by atoms with Crippen molar-refractivity contribution in [3.05, 3.63) is 35.4 Å². The highest BCUT2D eigenvalue weighted by atomic mass is 35.5. The van der Waals surface area contributed by atoms with Crippen LogP contribution in [0.25, 0.3) is 0 Å². The van der Waals surface area contributed by atoms with E-state index in [1.54, 1.807) is 0 Å². The van der Waals surface area contributed by atoms with Crippen molar-refractivity contribution in [3.63, 3.8) is 0 Å². The van der Waals surface area contributed by atoms with Crippen molar-refractivity contribution in [2.45, 2.75) is 51.2 Å². The summed E-state index contributed by atoms with van der Waals surface area (Å²) in [7, 11) is 0. The number of carbonyl (C=O) groups is 1. The number of halogens is 1. The summed E-state index contributed by atoms with van der Waals surface area (Å²) in [6, 6.07) is 8.68. The zero-order chi connectivity index (χ0) is 16.1. The first-order chi connectivity index (χ1) is 11.2. The first-order valence-electron chi connectivity index (χ1n) is 8.93. The van der Waals surface area contributed by atoms with Crippen LogP contribution in [0.3, 0.4) is 0 Å². The monoisotopic (exact) mass is 352 g/mol. The van der Waals surface area contributed by atoms with Gasteiger partial charge in [0.25, 0.3) is 0 Å². The van der Waals surface area contributed by atoms with Gasteiger partial charge in [-0.1, -0.05) is 44.0 Å². The molecule has 3 rings (SSSR count). The highest BCUT2D eigenvalue weighted by molar-refractivity contribution is 5.85. The molecule has 0 saturated heterocycles. The Balaban J connectivity index is 0.00000208. The lowest BCUT2D eigenvalue weighted by Crippen LogP contribution is -2.40. The van der Waals surface area contributed by atoms with Gasteiger partial charge in [-0.05, 0) is 42.9 Å². The molecule has 0 radical (unpaired) electrons. The van der Waals surface area contributed by atoms with E-state index in [9.17, 15) is 4.79 Å². The molecule has 5 heteroatoms. The van der Waals surface area contributed by atoms with Gasteiger partial charge < -0.3 is 15.4 Å². The molecule has 1 saturated carbocycles. The molecule has 0 spiro atoms. The van der Waals surface area contributed by atoms with Gasteiger partial charge in [-0.25, -0.2) is 0 Å². The summed E-state index contributed by atoms with van der Waals surface area (Å²) in [6.45, 7) is 4.00. The Bertz CT molecular complexity index is 538. The number of fused-ring (bicyclic) bond motifs is 1. The van der Waals surface area contributed by atoms with E-state index in [1.807, 2.05) is 0 Å². The van der Waals surface area contributed by atoms with E-state index in [4.69, 9.17) is 4.74 Å². The number of benzene rings is 1. The van der Waals surface area contributed by atoms with E-state index in [2.05, 4.69) is 41.8 Å². The minimum absolute atomic E-state index is 0. The standard InChI is InChI=1S/C19H28N2O2.ClH/c1-14-6-2-5-9-18(14)23-13-19(22)21-12-17-16-8-4-3-7-15(16)10-11-20-17;/h3-4,7-8,14,17-18,20H,2,5-6,9-13H2,1H3,(H,21,22);1H. The molecule has 1 amide bonds. The maximum atomic E-state index is 12.1. The van der Waals surface area contributed by atoms with Crippen LogP contribution in [-0.4, -0.2) is 31.7 Å². The fourth-order valence-corrected chi connectivity index (χ4v) is 3.75. The Hall–Kier alpha value is -1.10. The Kier molecular flexibility index (Phi) is 7.53. The predicted octanol–water partition coefficient (Wildman–Crippen LogP) is 3.01. The van der Waals surface area contributed by atoms with Gasteiger partial charge in [0.15, 0.2) is 0 Å². The summed E-state index contributed by atoms with van der Waals surface area (Å²) in [5.74, 6) is 0.566. The molecule has 1 aromatic carbocycles. The van der Waals surface area contributed by atoms with Gasteiger partial charge in [-0.3, -0.25) is 4.79 Å². The van der Waals surface area contributed by atoms with Crippen LogP contribution in [0, 0.1) is 5.92 Å². The van der Waals surface area contributed by atoms with E-state index in [1.165, 1.54) is 30.4 Å². The van der Waals surface area contributed by atoms with Gasteiger partial charge in [0, 0.05) is 12.6 Å². The summed E-state index contributed by atoms with van der Waals surface area (Å²) < 4.78 is 5.83. The number of carbonyl (C=O) groups excluding carboxylic acids is 1. The van der Waals surface area contributed by atoms with Crippen LogP contribution in [0.15, 0.2) is 24.3 Å². The van der Waals surface area contributed by atoms with Gasteiger partial charge in [0.2, 0.25) is 5.91 Å². The third-order valence-electron chi connectivity index (χ3n) is 5.18. The third kappa shape index (κ3) is 4.95. The number of amides is 1. The second kappa shape index (κ2) is 9.40. The van der Waals surface area contributed by atoms with Crippen LogP contribution in [0.5, 0.6) is 0 Å². The summed E-state index contributed by atoms with van der Waals surface area (Å²) in [5, 5.41) is 6.51. The van der Waals surface area contributed by atoms with E-state index in [0.29, 0.717) is 12.5 Å². The molecule has 1 heterocycles. The van der Waals surface area contributed by atoms with Gasteiger partial charge in [0.1, 0.15) is 6.61 Å². The molecular weight excluding hydrogens is 324 g/mol. The van der Waals surface area contributed by atoms with Crippen LogP contribution in [0.2, 0.25) is 0 Å². The molecule has 24 heavy (non-hydrogen) atoms. The normalized spacial score (nSPS) is 26.1. The van der Waals surface area contributed by atoms with Crippen LogP contribution in [0.1, 0.15) is 49.8 Å². The average Bonchev–Trinajstić information content (AvgIpc) is 2.59. The van der Waals surface area contributed by atoms with E-state index in [0.717, 1.165) is 19.4 Å². The molecule has 1 aliphatic heterocycles. The second-order valence-electron chi connectivity index (χ2n) is 6.87. The first-order valence-corrected chi connectivity index (χ1v) is 8.93. The van der Waals surface area contributed by atoms with Gasteiger partial charge in [0.05, 0.1) is 6.10 Å². The van der Waals surface area contributed by atoms with Crippen LogP contribution < -0.4 is 10.6 Å². The molecule has 0 aromatic heterocycles. The molecule has 1 aromatic rings. The minimum atomic E-state index is -0.00683. The fraction of sp³-hybridized carbons (Fsp3) is 0.632. The van der Waals surface area contributed by atoms with Crippen molar-refractivity contribution in [1.29, 1.82) is 0 Å². The number of hydrogen-bond donors (Lipinski definition) is 2. The lowest BCUT2D eigenvalue weighted by molar-refractivity contribution is -0.129. The summed E-state index contributed by atoms with van der Waals surface area (Å²) in [6.07, 6.45) is 6.13. The molecule has 3 atom stereocenters. The maximum Gasteiger partial charge on any atom is 0.246 e. The smallest absolute Gasteiger partial charge is 0.246 e. The summed E-state index contributed by atoms with van der Waals surface area (Å²) >= 11 is 0. The molecule has 2 N–H and O–H groups in total. The van der Waals surface area contributed by atoms with Crippen molar-refractivity contribution >= 4 is 18.3 Å². The van der Waals surface area contributed by atoms with Crippen LogP contribution in [0.4, 0.5) is 0 Å². The zero-order valence-electron chi connectivity index (χ0n) is 14.4. The number of ether oxygens (including phenoxy) is 1. The topological polar surface area (TPSA) is 50.4 Å².